The maximum atomic E-state index is 8.82. The number of alkyl halides is 1. The Morgan fingerprint density at radius 1 is 1.10 bits per heavy atom. The second-order valence-corrected chi connectivity index (χ2v) is 3.53. The van der Waals surface area contributed by atoms with Crippen molar-refractivity contribution in [2.75, 3.05) is 12.5 Å². The first-order chi connectivity index (χ1) is 4.86. The highest BCUT2D eigenvalue weighted by atomic mass is 35.5. The van der Waals surface area contributed by atoms with E-state index in [4.69, 9.17) is 16.7 Å². The van der Waals surface area contributed by atoms with Gasteiger partial charge in [0, 0.05) is 12.5 Å². The van der Waals surface area contributed by atoms with Gasteiger partial charge in [0.25, 0.3) is 0 Å². The van der Waals surface area contributed by atoms with Crippen molar-refractivity contribution in [1.29, 1.82) is 0 Å². The molecule has 2 heteroatoms. The molecule has 0 spiro atoms. The van der Waals surface area contributed by atoms with Crippen LogP contribution in [0.25, 0.3) is 0 Å². The smallest absolute Gasteiger partial charge is 0.0459 e. The Kier molecular flexibility index (Phi) is 3.50. The van der Waals surface area contributed by atoms with Crippen LogP contribution >= 0.6 is 11.6 Å². The lowest BCUT2D eigenvalue weighted by Gasteiger charge is -2.25. The van der Waals surface area contributed by atoms with Crippen molar-refractivity contribution in [1.82, 2.24) is 0 Å². The maximum absolute atomic E-state index is 8.82. The fourth-order valence-electron chi connectivity index (χ4n) is 1.57. The van der Waals surface area contributed by atoms with Gasteiger partial charge in [0.15, 0.2) is 0 Å². The largest absolute Gasteiger partial charge is 0.396 e. The highest BCUT2D eigenvalue weighted by molar-refractivity contribution is 6.18. The molecule has 1 fully saturated rings. The lowest BCUT2D eigenvalue weighted by Crippen LogP contribution is -2.17. The van der Waals surface area contributed by atoms with Crippen LogP contribution in [0.4, 0.5) is 0 Å². The average molecular weight is 163 g/mol. The van der Waals surface area contributed by atoms with E-state index in [-0.39, 0.29) is 0 Å². The summed E-state index contributed by atoms with van der Waals surface area (Å²) >= 11 is 5.71. The molecule has 1 N–H and O–H groups in total. The fraction of sp³-hybridized carbons (Fsp3) is 1.00. The van der Waals surface area contributed by atoms with Crippen LogP contribution in [0.3, 0.4) is 0 Å². The lowest BCUT2D eigenvalue weighted by atomic mass is 9.83. The van der Waals surface area contributed by atoms with E-state index in [0.29, 0.717) is 12.5 Å². The fourth-order valence-corrected chi connectivity index (χ4v) is 1.88. The first kappa shape index (κ1) is 8.35. The molecule has 1 nitrogen and oxygen atoms in total. The third-order valence-corrected chi connectivity index (χ3v) is 2.88. The summed E-state index contributed by atoms with van der Waals surface area (Å²) in [4.78, 5) is 0. The van der Waals surface area contributed by atoms with E-state index in [1.807, 2.05) is 0 Å². The van der Waals surface area contributed by atoms with Gasteiger partial charge in [-0.1, -0.05) is 0 Å². The second-order valence-electron chi connectivity index (χ2n) is 3.22. The Balaban J connectivity index is 2.17. The van der Waals surface area contributed by atoms with Gasteiger partial charge in [0.05, 0.1) is 0 Å². The molecule has 0 saturated heterocycles. The average Bonchev–Trinajstić information content (AvgIpc) is 2.05. The number of aliphatic hydroxyl groups is 1. The Morgan fingerprint density at radius 3 is 2.00 bits per heavy atom. The molecule has 0 aromatic rings. The molecule has 0 atom stereocenters. The van der Waals surface area contributed by atoms with E-state index in [2.05, 4.69) is 0 Å². The predicted octanol–water partition coefficient (Wildman–Crippen LogP) is 2.02. The van der Waals surface area contributed by atoms with Gasteiger partial charge in [-0.2, -0.15) is 0 Å². The van der Waals surface area contributed by atoms with Crippen LogP contribution in [0.1, 0.15) is 25.7 Å². The summed E-state index contributed by atoms with van der Waals surface area (Å²) < 4.78 is 0. The molecule has 0 aliphatic heterocycles. The van der Waals surface area contributed by atoms with Gasteiger partial charge in [0.1, 0.15) is 0 Å². The van der Waals surface area contributed by atoms with Crippen LogP contribution < -0.4 is 0 Å². The third kappa shape index (κ3) is 2.14. The summed E-state index contributed by atoms with van der Waals surface area (Å²) in [5.41, 5.74) is 0. The van der Waals surface area contributed by atoms with Crippen molar-refractivity contribution in [3.05, 3.63) is 0 Å². The highest BCUT2D eigenvalue weighted by Gasteiger charge is 2.19. The molecule has 1 aliphatic carbocycles. The van der Waals surface area contributed by atoms with E-state index < -0.39 is 0 Å². The van der Waals surface area contributed by atoms with Crippen LogP contribution in [-0.4, -0.2) is 17.6 Å². The van der Waals surface area contributed by atoms with Crippen LogP contribution in [0.5, 0.6) is 0 Å². The highest BCUT2D eigenvalue weighted by Crippen LogP contribution is 2.28. The summed E-state index contributed by atoms with van der Waals surface area (Å²) in [6.45, 7) is 0.370. The van der Waals surface area contributed by atoms with Crippen LogP contribution in [0.2, 0.25) is 0 Å². The standard InChI is InChI=1S/C8H15ClO/c9-5-7-1-3-8(6-10)4-2-7/h7-8,10H,1-6H2/t7-,8-. The first-order valence-electron chi connectivity index (χ1n) is 4.03. The Labute approximate surface area is 67.4 Å². The van der Waals surface area contributed by atoms with Crippen LogP contribution in [0, 0.1) is 11.8 Å². The zero-order valence-electron chi connectivity index (χ0n) is 6.22. The van der Waals surface area contributed by atoms with E-state index in [1.165, 1.54) is 25.7 Å². The van der Waals surface area contributed by atoms with E-state index in [9.17, 15) is 0 Å². The second kappa shape index (κ2) is 4.20. The van der Waals surface area contributed by atoms with E-state index in [1.54, 1.807) is 0 Å². The first-order valence-corrected chi connectivity index (χ1v) is 4.57. The molecule has 0 unspecified atom stereocenters. The molecular formula is C8H15ClO. The number of aliphatic hydroxyl groups excluding tert-OH is 1. The zero-order chi connectivity index (χ0) is 7.40. The number of halogens is 1. The van der Waals surface area contributed by atoms with Gasteiger partial charge in [-0.05, 0) is 37.5 Å². The van der Waals surface area contributed by atoms with Gasteiger partial charge in [-0.15, -0.1) is 11.6 Å². The monoisotopic (exact) mass is 162 g/mol. The third-order valence-electron chi connectivity index (χ3n) is 2.44. The summed E-state index contributed by atoms with van der Waals surface area (Å²) in [5.74, 6) is 2.10. The van der Waals surface area contributed by atoms with Crippen molar-refractivity contribution >= 4 is 11.6 Å². The molecule has 1 saturated carbocycles. The molecule has 0 aromatic carbocycles. The molecule has 0 amide bonds. The van der Waals surface area contributed by atoms with Crippen molar-refractivity contribution < 1.29 is 5.11 Å². The van der Waals surface area contributed by atoms with Gasteiger partial charge in [-0.25, -0.2) is 0 Å². The molecule has 1 rings (SSSR count). The summed E-state index contributed by atoms with van der Waals surface area (Å²) in [5, 5.41) is 8.82. The Bertz CT molecular complexity index is 75.3. The molecule has 0 bridgehead atoms. The molecule has 0 radical (unpaired) electrons. The normalized spacial score (nSPS) is 34.2. The summed E-state index contributed by atoms with van der Waals surface area (Å²) in [6.07, 6.45) is 4.78. The molecule has 0 heterocycles. The van der Waals surface area contributed by atoms with Crippen molar-refractivity contribution in [2.45, 2.75) is 25.7 Å². The predicted molar refractivity (Wildman–Crippen MR) is 43.3 cm³/mol. The van der Waals surface area contributed by atoms with Gasteiger partial charge in [0.2, 0.25) is 0 Å². The topological polar surface area (TPSA) is 20.2 Å². The molecular weight excluding hydrogens is 148 g/mol. The molecule has 60 valence electrons. The van der Waals surface area contributed by atoms with Crippen molar-refractivity contribution in [3.8, 4) is 0 Å². The Hall–Kier alpha value is 0.250. The molecule has 1 aliphatic rings. The van der Waals surface area contributed by atoms with Crippen LogP contribution in [0.15, 0.2) is 0 Å². The minimum atomic E-state index is 0.370. The van der Waals surface area contributed by atoms with Gasteiger partial charge in [-0.3, -0.25) is 0 Å². The van der Waals surface area contributed by atoms with Gasteiger partial charge < -0.3 is 5.11 Å². The maximum Gasteiger partial charge on any atom is 0.0459 e. The molecule has 10 heavy (non-hydrogen) atoms. The minimum absolute atomic E-state index is 0.370. The minimum Gasteiger partial charge on any atom is -0.396 e. The zero-order valence-corrected chi connectivity index (χ0v) is 6.98. The number of rotatable bonds is 2. The summed E-state index contributed by atoms with van der Waals surface area (Å²) in [7, 11) is 0. The Morgan fingerprint density at radius 2 is 1.60 bits per heavy atom. The van der Waals surface area contributed by atoms with Gasteiger partial charge >= 0.3 is 0 Å². The number of hydrogen-bond acceptors (Lipinski definition) is 1. The van der Waals surface area contributed by atoms with E-state index in [0.717, 1.165) is 11.8 Å². The lowest BCUT2D eigenvalue weighted by molar-refractivity contribution is 0.172. The van der Waals surface area contributed by atoms with Crippen molar-refractivity contribution in [2.24, 2.45) is 11.8 Å². The van der Waals surface area contributed by atoms with Crippen LogP contribution in [-0.2, 0) is 0 Å². The summed E-state index contributed by atoms with van der Waals surface area (Å²) in [6, 6.07) is 0. The SMILES string of the molecule is OC[C@H]1CC[C@H](CCl)CC1. The quantitative estimate of drug-likeness (QED) is 0.616. The van der Waals surface area contributed by atoms with E-state index >= 15 is 0 Å². The van der Waals surface area contributed by atoms with Crippen molar-refractivity contribution in [3.63, 3.8) is 0 Å². The number of hydrogen-bond donors (Lipinski definition) is 1. The molecule has 0 aromatic heterocycles.